The fraction of sp³-hybridized carbons (Fsp3) is 0.700. The topological polar surface area (TPSA) is 127 Å². The third kappa shape index (κ3) is 5.29. The first-order valence-electron chi connectivity index (χ1n) is 14.4. The van der Waals surface area contributed by atoms with Gasteiger partial charge in [0.2, 0.25) is 5.91 Å². The number of hydrogen-bond acceptors (Lipinski definition) is 7. The number of hydrogen-bond donors (Lipinski definition) is 2. The lowest BCUT2D eigenvalue weighted by molar-refractivity contribution is -0.160. The van der Waals surface area contributed by atoms with Gasteiger partial charge in [0.1, 0.15) is 12.1 Å². The molecule has 0 radical (unpaired) electrons. The Balaban J connectivity index is 1.15. The Labute approximate surface area is 229 Å². The van der Waals surface area contributed by atoms with Gasteiger partial charge in [-0.25, -0.2) is 9.78 Å². The van der Waals surface area contributed by atoms with Crippen LogP contribution >= 0.6 is 0 Å². The molecule has 1 aromatic heterocycles. The molecule has 212 valence electrons. The molecule has 2 N–H and O–H groups in total. The van der Waals surface area contributed by atoms with Gasteiger partial charge in [-0.1, -0.05) is 19.4 Å². The van der Waals surface area contributed by atoms with Crippen molar-refractivity contribution in [3.63, 3.8) is 0 Å². The number of carbonyl (C=O) groups excluding carboxylic acids is 4. The van der Waals surface area contributed by atoms with Crippen molar-refractivity contribution in [2.45, 2.75) is 96.6 Å². The third-order valence-electron chi connectivity index (χ3n) is 10.5. The van der Waals surface area contributed by atoms with E-state index in [9.17, 15) is 19.2 Å². The van der Waals surface area contributed by atoms with Gasteiger partial charge in [-0.15, -0.1) is 0 Å². The first kappa shape index (κ1) is 27.6. The van der Waals surface area contributed by atoms with E-state index in [1.165, 1.54) is 19.0 Å². The van der Waals surface area contributed by atoms with E-state index in [1.54, 1.807) is 6.20 Å². The summed E-state index contributed by atoms with van der Waals surface area (Å²) in [7, 11) is 1.27. The van der Waals surface area contributed by atoms with Gasteiger partial charge in [-0.05, 0) is 74.2 Å². The highest BCUT2D eigenvalue weighted by Crippen LogP contribution is 2.65. The average molecular weight is 540 g/mol. The molecule has 0 spiro atoms. The number of aromatic nitrogens is 2. The largest absolute Gasteiger partial charge is 0.467 e. The van der Waals surface area contributed by atoms with Gasteiger partial charge in [0.15, 0.2) is 5.78 Å². The van der Waals surface area contributed by atoms with Crippen LogP contribution in [0.15, 0.2) is 24.2 Å². The van der Waals surface area contributed by atoms with Gasteiger partial charge in [-0.2, -0.15) is 0 Å². The number of aromatic amines is 1. The van der Waals surface area contributed by atoms with Crippen LogP contribution in [-0.2, 0) is 35.1 Å². The summed E-state index contributed by atoms with van der Waals surface area (Å²) in [6, 6.07) is -0.862. The summed E-state index contributed by atoms with van der Waals surface area (Å²) in [6.45, 7) is 4.67. The molecule has 0 aliphatic heterocycles. The van der Waals surface area contributed by atoms with E-state index in [1.807, 2.05) is 6.08 Å². The van der Waals surface area contributed by atoms with E-state index in [4.69, 9.17) is 9.47 Å². The predicted molar refractivity (Wildman–Crippen MR) is 142 cm³/mol. The second kappa shape index (κ2) is 10.9. The van der Waals surface area contributed by atoms with Crippen molar-refractivity contribution < 1.29 is 28.7 Å². The minimum Gasteiger partial charge on any atom is -0.467 e. The third-order valence-corrected chi connectivity index (χ3v) is 10.5. The van der Waals surface area contributed by atoms with Crippen molar-refractivity contribution in [2.75, 3.05) is 7.11 Å². The van der Waals surface area contributed by atoms with Gasteiger partial charge >= 0.3 is 11.9 Å². The first-order chi connectivity index (χ1) is 18.6. The smallest absolute Gasteiger partial charge is 0.328 e. The Morgan fingerprint density at radius 2 is 1.92 bits per heavy atom. The van der Waals surface area contributed by atoms with E-state index >= 15 is 0 Å². The lowest BCUT2D eigenvalue weighted by Crippen LogP contribution is -2.51. The number of allylic oxidation sites excluding steroid dienone is 1. The Hall–Kier alpha value is -2.97. The number of rotatable bonds is 8. The van der Waals surface area contributed by atoms with E-state index in [2.05, 4.69) is 29.1 Å². The Morgan fingerprint density at radius 1 is 1.10 bits per heavy atom. The number of ether oxygens (including phenoxy) is 2. The summed E-state index contributed by atoms with van der Waals surface area (Å²) in [6.07, 6.45) is 12.8. The Morgan fingerprint density at radius 3 is 2.67 bits per heavy atom. The Kier molecular flexibility index (Phi) is 7.71. The summed E-state index contributed by atoms with van der Waals surface area (Å²) < 4.78 is 10.9. The maximum atomic E-state index is 12.9. The Bertz CT molecular complexity index is 1150. The molecule has 4 aliphatic rings. The zero-order valence-corrected chi connectivity index (χ0v) is 23.3. The van der Waals surface area contributed by atoms with Crippen molar-refractivity contribution >= 4 is 23.6 Å². The molecule has 1 amide bonds. The fourth-order valence-electron chi connectivity index (χ4n) is 8.36. The number of methoxy groups -OCH3 is 1. The molecular formula is C30H41N3O6. The van der Waals surface area contributed by atoms with Crippen molar-refractivity contribution in [2.24, 2.45) is 28.6 Å². The number of esters is 2. The number of nitrogens with zero attached hydrogens (tertiary/aromatic N) is 1. The lowest BCUT2D eigenvalue weighted by Gasteiger charge is -2.57. The summed E-state index contributed by atoms with van der Waals surface area (Å²) in [5.41, 5.74) is 2.13. The van der Waals surface area contributed by atoms with Crippen molar-refractivity contribution in [1.82, 2.24) is 15.3 Å². The normalized spacial score (nSPS) is 34.1. The zero-order valence-electron chi connectivity index (χ0n) is 23.3. The maximum absolute atomic E-state index is 12.9. The SMILES string of the molecule is COC(=O)C(Cc1cnc[nH]1)NC(=O)CCC(=O)OC1CCC2C3CCC4=CC(=O)CCC4(C)C3CCC12C. The van der Waals surface area contributed by atoms with Gasteiger partial charge in [0.05, 0.1) is 19.9 Å². The van der Waals surface area contributed by atoms with Crippen LogP contribution in [0.2, 0.25) is 0 Å². The number of amides is 1. The molecule has 1 aromatic rings. The van der Waals surface area contributed by atoms with E-state index in [-0.39, 0.29) is 47.9 Å². The van der Waals surface area contributed by atoms with Crippen LogP contribution in [0.25, 0.3) is 0 Å². The van der Waals surface area contributed by atoms with Crippen LogP contribution in [0, 0.1) is 28.6 Å². The van der Waals surface area contributed by atoms with Crippen molar-refractivity contribution in [1.29, 1.82) is 0 Å². The van der Waals surface area contributed by atoms with Crippen molar-refractivity contribution in [3.8, 4) is 0 Å². The fourth-order valence-corrected chi connectivity index (χ4v) is 8.36. The van der Waals surface area contributed by atoms with Gasteiger partial charge in [-0.3, -0.25) is 14.4 Å². The highest BCUT2D eigenvalue weighted by atomic mass is 16.5. The monoisotopic (exact) mass is 539 g/mol. The second-order valence-electron chi connectivity index (χ2n) is 12.5. The van der Waals surface area contributed by atoms with Crippen LogP contribution in [0.1, 0.15) is 83.7 Å². The standard InChI is InChI=1S/C30H41N3O6/c1-29-12-10-20(34)14-18(29)4-5-21-22-6-7-25(30(22,2)13-11-23(21)29)39-27(36)9-8-26(35)33-24(28(37)38-3)15-19-16-31-17-32-19/h14,16-17,21-25H,4-13,15H2,1-3H3,(H,31,32)(H,33,35). The number of nitrogens with one attached hydrogen (secondary N) is 2. The van der Waals surface area contributed by atoms with E-state index < -0.39 is 17.9 Å². The number of ketones is 1. The molecule has 0 aromatic carbocycles. The van der Waals surface area contributed by atoms with Crippen LogP contribution in [0.5, 0.6) is 0 Å². The highest BCUT2D eigenvalue weighted by Gasteiger charge is 2.60. The molecule has 39 heavy (non-hydrogen) atoms. The molecule has 4 aliphatic carbocycles. The van der Waals surface area contributed by atoms with Gasteiger partial charge in [0, 0.05) is 36.6 Å². The number of fused-ring (bicyclic) bond motifs is 5. The minimum atomic E-state index is -0.862. The highest BCUT2D eigenvalue weighted by molar-refractivity contribution is 5.91. The molecule has 9 nitrogen and oxygen atoms in total. The van der Waals surface area contributed by atoms with Crippen molar-refractivity contribution in [3.05, 3.63) is 29.9 Å². The molecule has 3 fully saturated rings. The predicted octanol–water partition coefficient (Wildman–Crippen LogP) is 3.83. The van der Waals surface area contributed by atoms with E-state index in [0.717, 1.165) is 44.9 Å². The molecule has 0 bridgehead atoms. The molecule has 5 rings (SSSR count). The lowest BCUT2D eigenvalue weighted by atomic mass is 9.47. The maximum Gasteiger partial charge on any atom is 0.328 e. The molecule has 9 heteroatoms. The quantitative estimate of drug-likeness (QED) is 0.481. The van der Waals surface area contributed by atoms with Gasteiger partial charge in [0.25, 0.3) is 0 Å². The zero-order chi connectivity index (χ0) is 27.8. The van der Waals surface area contributed by atoms with Gasteiger partial charge < -0.3 is 19.8 Å². The molecular weight excluding hydrogens is 498 g/mol. The minimum absolute atomic E-state index is 0.0344. The van der Waals surface area contributed by atoms with Crippen LogP contribution < -0.4 is 5.32 Å². The first-order valence-corrected chi connectivity index (χ1v) is 14.4. The number of imidazole rings is 1. The molecule has 3 saturated carbocycles. The summed E-state index contributed by atoms with van der Waals surface area (Å²) >= 11 is 0. The average Bonchev–Trinajstić information content (AvgIpc) is 3.54. The number of carbonyl (C=O) groups is 4. The van der Waals surface area contributed by atoms with Crippen LogP contribution in [0.3, 0.4) is 0 Å². The summed E-state index contributed by atoms with van der Waals surface area (Å²) in [5, 5.41) is 2.67. The second-order valence-corrected chi connectivity index (χ2v) is 12.5. The molecule has 0 saturated heterocycles. The number of H-pyrrole nitrogens is 1. The van der Waals surface area contributed by atoms with Crippen LogP contribution in [-0.4, -0.2) is 52.9 Å². The van der Waals surface area contributed by atoms with E-state index in [0.29, 0.717) is 29.9 Å². The molecule has 1 heterocycles. The summed E-state index contributed by atoms with van der Waals surface area (Å²) in [4.78, 5) is 56.5. The van der Waals surface area contributed by atoms with Crippen LogP contribution in [0.4, 0.5) is 0 Å². The molecule has 7 atom stereocenters. The molecule has 7 unspecified atom stereocenters. The summed E-state index contributed by atoms with van der Waals surface area (Å²) in [5.74, 6) is 0.653.